The van der Waals surface area contributed by atoms with Crippen molar-refractivity contribution in [2.45, 2.75) is 6.10 Å². The second-order valence-corrected chi connectivity index (χ2v) is 8.26. The summed E-state index contributed by atoms with van der Waals surface area (Å²) >= 11 is 0. The summed E-state index contributed by atoms with van der Waals surface area (Å²) in [7, 11) is 0. The van der Waals surface area contributed by atoms with E-state index in [1.807, 2.05) is 12.1 Å². The fraction of sp³-hybridized carbons (Fsp3) is 0.478. The van der Waals surface area contributed by atoms with Crippen molar-refractivity contribution in [3.05, 3.63) is 47.8 Å². The van der Waals surface area contributed by atoms with Crippen molar-refractivity contribution in [2.24, 2.45) is 0 Å². The Labute approximate surface area is 188 Å². The van der Waals surface area contributed by atoms with Crippen LogP contribution in [0.3, 0.4) is 0 Å². The highest BCUT2D eigenvalue weighted by atomic mass is 16.3. The van der Waals surface area contributed by atoms with Crippen molar-refractivity contribution in [3.8, 4) is 12.1 Å². The molecule has 0 unspecified atom stereocenters. The Morgan fingerprint density at radius 2 is 1.16 bits per heavy atom. The number of rotatable bonds is 6. The molecule has 2 saturated heterocycles. The monoisotopic (exact) mass is 432 g/mol. The Balaban J connectivity index is 1.19. The predicted molar refractivity (Wildman–Crippen MR) is 121 cm³/mol. The lowest BCUT2D eigenvalue weighted by atomic mass is 10.2. The Morgan fingerprint density at radius 1 is 0.750 bits per heavy atom. The van der Waals surface area contributed by atoms with Crippen LogP contribution in [0.1, 0.15) is 11.1 Å². The molecule has 4 rings (SSSR count). The lowest BCUT2D eigenvalue weighted by molar-refractivity contribution is 0.0696. The lowest BCUT2D eigenvalue weighted by Crippen LogP contribution is -2.52. The minimum Gasteiger partial charge on any atom is -0.390 e. The largest absolute Gasteiger partial charge is 0.390 e. The van der Waals surface area contributed by atoms with Crippen molar-refractivity contribution in [1.29, 1.82) is 10.5 Å². The van der Waals surface area contributed by atoms with Gasteiger partial charge in [-0.05, 0) is 24.3 Å². The standard InChI is InChI=1S/C23H28N8O/c24-15-19-1-3-26-22(13-19)30-9-5-28(6-10-30)17-21(32)18-29-7-11-31(12-8-29)23-14-20(16-25)2-4-27-23/h1-4,13-14,21,32H,5-12,17-18H2. The quantitative estimate of drug-likeness (QED) is 0.699. The summed E-state index contributed by atoms with van der Waals surface area (Å²) in [5, 5.41) is 28.8. The van der Waals surface area contributed by atoms with Gasteiger partial charge in [0, 0.05) is 77.8 Å². The fourth-order valence-corrected chi connectivity index (χ4v) is 4.29. The molecular formula is C23H28N8O. The number of β-amino-alcohol motifs (C(OH)–C–C–N with tert-alkyl or cyclic N) is 1. The Bertz CT molecular complexity index is 904. The molecule has 0 amide bonds. The number of anilines is 2. The highest BCUT2D eigenvalue weighted by Crippen LogP contribution is 2.17. The van der Waals surface area contributed by atoms with Crippen molar-refractivity contribution in [1.82, 2.24) is 19.8 Å². The number of pyridine rings is 2. The van der Waals surface area contributed by atoms with E-state index in [1.165, 1.54) is 0 Å². The minimum absolute atomic E-state index is 0.395. The average Bonchev–Trinajstić information content (AvgIpc) is 2.85. The molecule has 9 heteroatoms. The molecule has 1 N–H and O–H groups in total. The molecule has 0 aromatic carbocycles. The zero-order valence-corrected chi connectivity index (χ0v) is 18.1. The third kappa shape index (κ3) is 5.51. The van der Waals surface area contributed by atoms with Gasteiger partial charge in [0.15, 0.2) is 0 Å². The zero-order valence-electron chi connectivity index (χ0n) is 18.1. The van der Waals surface area contributed by atoms with Gasteiger partial charge in [-0.25, -0.2) is 9.97 Å². The first-order valence-corrected chi connectivity index (χ1v) is 11.0. The predicted octanol–water partition coefficient (Wildman–Crippen LogP) is 0.525. The number of piperazine rings is 2. The molecule has 4 heterocycles. The molecule has 0 radical (unpaired) electrons. The van der Waals surface area contributed by atoms with Gasteiger partial charge in [0.2, 0.25) is 0 Å². The Morgan fingerprint density at radius 3 is 1.53 bits per heavy atom. The second-order valence-electron chi connectivity index (χ2n) is 8.26. The van der Waals surface area contributed by atoms with Crippen LogP contribution in [0.5, 0.6) is 0 Å². The van der Waals surface area contributed by atoms with Crippen molar-refractivity contribution < 1.29 is 5.11 Å². The molecule has 0 saturated carbocycles. The first-order chi connectivity index (χ1) is 15.6. The molecule has 0 bridgehead atoms. The van der Waals surface area contributed by atoms with Crippen LogP contribution in [0.2, 0.25) is 0 Å². The maximum absolute atomic E-state index is 10.6. The molecular weight excluding hydrogens is 404 g/mol. The van der Waals surface area contributed by atoms with Gasteiger partial charge < -0.3 is 14.9 Å². The van der Waals surface area contributed by atoms with Gasteiger partial charge in [0.1, 0.15) is 11.6 Å². The van der Waals surface area contributed by atoms with Crippen molar-refractivity contribution >= 4 is 11.6 Å². The van der Waals surface area contributed by atoms with E-state index in [9.17, 15) is 5.11 Å². The smallest absolute Gasteiger partial charge is 0.129 e. The molecule has 2 fully saturated rings. The number of nitriles is 2. The molecule has 32 heavy (non-hydrogen) atoms. The molecule has 166 valence electrons. The summed E-state index contributed by atoms with van der Waals surface area (Å²) in [5.41, 5.74) is 1.25. The van der Waals surface area contributed by atoms with E-state index >= 15 is 0 Å². The van der Waals surface area contributed by atoms with E-state index in [4.69, 9.17) is 10.5 Å². The van der Waals surface area contributed by atoms with Gasteiger partial charge in [-0.3, -0.25) is 9.80 Å². The van der Waals surface area contributed by atoms with Gasteiger partial charge in [-0.15, -0.1) is 0 Å². The number of aromatic nitrogens is 2. The van der Waals surface area contributed by atoms with E-state index in [2.05, 4.69) is 41.7 Å². The third-order valence-corrected chi connectivity index (χ3v) is 6.08. The summed E-state index contributed by atoms with van der Waals surface area (Å²) in [6.07, 6.45) is 2.97. The molecule has 2 aliphatic heterocycles. The van der Waals surface area contributed by atoms with E-state index < -0.39 is 6.10 Å². The minimum atomic E-state index is -0.395. The highest BCUT2D eigenvalue weighted by Gasteiger charge is 2.24. The highest BCUT2D eigenvalue weighted by molar-refractivity contribution is 5.46. The van der Waals surface area contributed by atoms with Crippen LogP contribution in [-0.4, -0.2) is 96.4 Å². The van der Waals surface area contributed by atoms with Crippen molar-refractivity contribution in [2.75, 3.05) is 75.2 Å². The first kappa shape index (κ1) is 22.0. The molecule has 9 nitrogen and oxygen atoms in total. The maximum Gasteiger partial charge on any atom is 0.129 e. The summed E-state index contributed by atoms with van der Waals surface area (Å²) in [6, 6.07) is 11.4. The van der Waals surface area contributed by atoms with Crippen LogP contribution < -0.4 is 9.80 Å². The van der Waals surface area contributed by atoms with E-state index in [-0.39, 0.29) is 0 Å². The van der Waals surface area contributed by atoms with E-state index in [0.29, 0.717) is 24.2 Å². The summed E-state index contributed by atoms with van der Waals surface area (Å²) in [5.74, 6) is 1.69. The summed E-state index contributed by atoms with van der Waals surface area (Å²) in [4.78, 5) is 17.8. The average molecular weight is 433 g/mol. The topological polar surface area (TPSA) is 107 Å². The molecule has 0 atom stereocenters. The number of aliphatic hydroxyl groups is 1. The molecule has 0 aliphatic carbocycles. The number of aliphatic hydroxyl groups excluding tert-OH is 1. The number of hydrogen-bond donors (Lipinski definition) is 1. The number of nitrogens with zero attached hydrogens (tertiary/aromatic N) is 8. The molecule has 0 spiro atoms. The van der Waals surface area contributed by atoms with E-state index in [1.54, 1.807) is 24.5 Å². The van der Waals surface area contributed by atoms with Crippen molar-refractivity contribution in [3.63, 3.8) is 0 Å². The van der Waals surface area contributed by atoms with Crippen LogP contribution in [0.15, 0.2) is 36.7 Å². The van der Waals surface area contributed by atoms with Crippen LogP contribution in [0, 0.1) is 22.7 Å². The normalized spacial score (nSPS) is 17.9. The zero-order chi connectivity index (χ0) is 22.3. The van der Waals surface area contributed by atoms with Gasteiger partial charge in [0.05, 0.1) is 29.4 Å². The lowest BCUT2D eigenvalue weighted by Gasteiger charge is -2.38. The van der Waals surface area contributed by atoms with Gasteiger partial charge in [-0.2, -0.15) is 10.5 Å². The van der Waals surface area contributed by atoms with Gasteiger partial charge in [0.25, 0.3) is 0 Å². The van der Waals surface area contributed by atoms with Crippen LogP contribution in [0.25, 0.3) is 0 Å². The van der Waals surface area contributed by atoms with E-state index in [0.717, 1.165) is 64.0 Å². The second kappa shape index (κ2) is 10.4. The van der Waals surface area contributed by atoms with Crippen LogP contribution in [-0.2, 0) is 0 Å². The third-order valence-electron chi connectivity index (χ3n) is 6.08. The van der Waals surface area contributed by atoms with Gasteiger partial charge >= 0.3 is 0 Å². The summed E-state index contributed by atoms with van der Waals surface area (Å²) in [6.45, 7) is 8.12. The first-order valence-electron chi connectivity index (χ1n) is 11.0. The van der Waals surface area contributed by atoms with Gasteiger partial charge in [-0.1, -0.05) is 0 Å². The SMILES string of the molecule is N#Cc1ccnc(N2CCN(CC(O)CN3CCN(c4cc(C#N)ccn4)CC3)CC2)c1. The number of hydrogen-bond acceptors (Lipinski definition) is 9. The molecule has 2 aromatic rings. The summed E-state index contributed by atoms with van der Waals surface area (Å²) < 4.78 is 0. The fourth-order valence-electron chi connectivity index (χ4n) is 4.29. The van der Waals surface area contributed by atoms with Crippen LogP contribution >= 0.6 is 0 Å². The molecule has 2 aromatic heterocycles. The van der Waals surface area contributed by atoms with Crippen LogP contribution in [0.4, 0.5) is 11.6 Å². The Hall–Kier alpha value is -3.24. The maximum atomic E-state index is 10.6. The Kier molecular flexibility index (Phi) is 7.13. The molecule has 2 aliphatic rings.